The van der Waals surface area contributed by atoms with Crippen LogP contribution in [0.1, 0.15) is 57.0 Å². The summed E-state index contributed by atoms with van der Waals surface area (Å²) in [6.45, 7) is -0.463. The predicted molar refractivity (Wildman–Crippen MR) is 138 cm³/mol. The molecule has 2 aliphatic heterocycles. The molecule has 3 aliphatic rings. The lowest BCUT2D eigenvalue weighted by Gasteiger charge is -2.27. The van der Waals surface area contributed by atoms with Gasteiger partial charge in [0.2, 0.25) is 15.6 Å². The zero-order valence-electron chi connectivity index (χ0n) is 18.9. The molecule has 2 fully saturated rings. The minimum atomic E-state index is -1.81. The van der Waals surface area contributed by atoms with Gasteiger partial charge in [-0.05, 0) is 42.2 Å². The van der Waals surface area contributed by atoms with Gasteiger partial charge < -0.3 is 4.74 Å². The van der Waals surface area contributed by atoms with Crippen LogP contribution in [0, 0.1) is 0 Å². The van der Waals surface area contributed by atoms with Gasteiger partial charge in [-0.25, -0.2) is 0 Å². The second-order valence-electron chi connectivity index (χ2n) is 9.14. The molecule has 12 heteroatoms. The Hall–Kier alpha value is -2.46. The van der Waals surface area contributed by atoms with Gasteiger partial charge >= 0.3 is 5.97 Å². The number of carbonyl (C=O) groups excluding carboxylic acids is 5. The molecule has 0 radical (unpaired) electrons. The lowest BCUT2D eigenvalue weighted by Crippen LogP contribution is -2.54. The van der Waals surface area contributed by atoms with Crippen LogP contribution in [0.3, 0.4) is 0 Å². The number of imide groups is 2. The van der Waals surface area contributed by atoms with E-state index in [1.807, 2.05) is 0 Å². The van der Waals surface area contributed by atoms with Crippen molar-refractivity contribution < 1.29 is 28.7 Å². The maximum Gasteiger partial charge on any atom is 0.317 e. The Balaban J connectivity index is 1.52. The van der Waals surface area contributed by atoms with E-state index in [1.165, 1.54) is 6.07 Å². The lowest BCUT2D eigenvalue weighted by atomic mass is 9.88. The van der Waals surface area contributed by atoms with Crippen molar-refractivity contribution in [3.63, 3.8) is 0 Å². The van der Waals surface area contributed by atoms with Crippen molar-refractivity contribution in [2.45, 2.75) is 40.4 Å². The molecule has 1 N–H and O–H groups in total. The van der Waals surface area contributed by atoms with Gasteiger partial charge in [0, 0.05) is 16.8 Å². The quantitative estimate of drug-likeness (QED) is 0.302. The number of amides is 4. The van der Waals surface area contributed by atoms with Crippen LogP contribution in [-0.2, 0) is 24.5 Å². The molecule has 192 valence electrons. The topological polar surface area (TPSA) is 110 Å². The Morgan fingerprint density at radius 1 is 1.08 bits per heavy atom. The fourth-order valence-corrected chi connectivity index (χ4v) is 5.58. The minimum Gasteiger partial charge on any atom is -0.460 e. The van der Waals surface area contributed by atoms with Crippen LogP contribution < -0.4 is 5.32 Å². The Kier molecular flexibility index (Phi) is 6.63. The molecule has 8 nitrogen and oxygen atoms in total. The van der Waals surface area contributed by atoms with Crippen LogP contribution in [0.4, 0.5) is 0 Å². The van der Waals surface area contributed by atoms with E-state index in [4.69, 9.17) is 39.5 Å². The second-order valence-corrected chi connectivity index (χ2v) is 12.6. The van der Waals surface area contributed by atoms with E-state index in [-0.39, 0.29) is 24.0 Å². The van der Waals surface area contributed by atoms with E-state index in [0.29, 0.717) is 17.5 Å². The molecule has 3 atom stereocenters. The number of hydrogen-bond donors (Lipinski definition) is 1. The molecule has 37 heavy (non-hydrogen) atoms. The highest BCUT2D eigenvalue weighted by atomic mass is 79.9. The number of piperidine rings is 1. The third-order valence-corrected chi connectivity index (χ3v) is 7.78. The molecular formula is C25H18BrCl3N2O6. The second kappa shape index (κ2) is 9.38. The molecule has 1 unspecified atom stereocenters. The SMILES string of the molecule is O=C1CCC(N2C(=O)c3cccc([C@@H]4C[C@]4(C(=O)OCC(Cl)(Cl)Cl)c4ccc(Br)cc4)c3C2=O)C(=O)N1. The zero-order chi connectivity index (χ0) is 26.7. The molecule has 1 saturated heterocycles. The number of hydrogen-bond acceptors (Lipinski definition) is 6. The van der Waals surface area contributed by atoms with E-state index in [2.05, 4.69) is 21.2 Å². The number of rotatable bonds is 5. The zero-order valence-corrected chi connectivity index (χ0v) is 22.8. The van der Waals surface area contributed by atoms with E-state index < -0.39 is 57.4 Å². The van der Waals surface area contributed by atoms with Gasteiger partial charge in [0.15, 0.2) is 0 Å². The Morgan fingerprint density at radius 2 is 1.78 bits per heavy atom. The summed E-state index contributed by atoms with van der Waals surface area (Å²) >= 11 is 20.8. The average molecular weight is 629 g/mol. The van der Waals surface area contributed by atoms with Crippen molar-refractivity contribution in [2.75, 3.05) is 6.61 Å². The van der Waals surface area contributed by atoms with Crippen LogP contribution in [0.5, 0.6) is 0 Å². The maximum atomic E-state index is 13.6. The van der Waals surface area contributed by atoms with Crippen molar-refractivity contribution in [3.05, 3.63) is 69.2 Å². The summed E-state index contributed by atoms with van der Waals surface area (Å²) in [4.78, 5) is 65.2. The van der Waals surface area contributed by atoms with Gasteiger partial charge in [0.25, 0.3) is 11.8 Å². The molecule has 0 aromatic heterocycles. The smallest absolute Gasteiger partial charge is 0.317 e. The van der Waals surface area contributed by atoms with Gasteiger partial charge in [0.1, 0.15) is 18.1 Å². The van der Waals surface area contributed by atoms with Gasteiger partial charge in [-0.3, -0.25) is 34.2 Å². The molecule has 2 heterocycles. The van der Waals surface area contributed by atoms with E-state index in [9.17, 15) is 24.0 Å². The van der Waals surface area contributed by atoms with Crippen molar-refractivity contribution in [1.82, 2.24) is 10.2 Å². The number of nitrogens with one attached hydrogen (secondary N) is 1. The molecule has 1 aliphatic carbocycles. The maximum absolute atomic E-state index is 13.6. The fourth-order valence-electron chi connectivity index (χ4n) is 5.16. The molecule has 5 rings (SSSR count). The normalized spacial score (nSPS) is 25.1. The Morgan fingerprint density at radius 3 is 2.43 bits per heavy atom. The summed E-state index contributed by atoms with van der Waals surface area (Å²) in [5.74, 6) is -3.55. The van der Waals surface area contributed by atoms with Crippen molar-refractivity contribution in [2.24, 2.45) is 0 Å². The number of benzene rings is 2. The van der Waals surface area contributed by atoms with Crippen molar-refractivity contribution in [1.29, 1.82) is 0 Å². The van der Waals surface area contributed by atoms with Gasteiger partial charge in [0.05, 0.1) is 11.1 Å². The molecule has 0 bridgehead atoms. The summed E-state index contributed by atoms with van der Waals surface area (Å²) < 4.78 is 4.38. The molecule has 2 aromatic carbocycles. The highest BCUT2D eigenvalue weighted by Crippen LogP contribution is 2.62. The van der Waals surface area contributed by atoms with Crippen molar-refractivity contribution >= 4 is 80.3 Å². The molecule has 1 saturated carbocycles. The Labute approximate surface area is 234 Å². The highest BCUT2D eigenvalue weighted by Gasteiger charge is 2.64. The summed E-state index contributed by atoms with van der Waals surface area (Å²) in [6.07, 6.45) is 0.353. The molecular weight excluding hydrogens is 611 g/mol. The Bertz CT molecular complexity index is 1360. The first-order valence-corrected chi connectivity index (χ1v) is 13.2. The van der Waals surface area contributed by atoms with E-state index >= 15 is 0 Å². The first kappa shape index (κ1) is 26.2. The highest BCUT2D eigenvalue weighted by molar-refractivity contribution is 9.10. The van der Waals surface area contributed by atoms with Crippen molar-refractivity contribution in [3.8, 4) is 0 Å². The number of ether oxygens (including phenoxy) is 1. The van der Waals surface area contributed by atoms with Crippen LogP contribution in [0.25, 0.3) is 0 Å². The first-order chi connectivity index (χ1) is 17.4. The van der Waals surface area contributed by atoms with Crippen LogP contribution in [0.15, 0.2) is 46.9 Å². The summed E-state index contributed by atoms with van der Waals surface area (Å²) in [5.41, 5.74) is 0.233. The molecule has 4 amide bonds. The lowest BCUT2D eigenvalue weighted by molar-refractivity contribution is -0.146. The third-order valence-electron chi connectivity index (χ3n) is 6.93. The van der Waals surface area contributed by atoms with Gasteiger partial charge in [-0.2, -0.15) is 0 Å². The molecule has 2 aromatic rings. The number of halogens is 4. The van der Waals surface area contributed by atoms with Gasteiger partial charge in [-0.1, -0.05) is 75.0 Å². The van der Waals surface area contributed by atoms with E-state index in [1.54, 1.807) is 36.4 Å². The summed E-state index contributed by atoms with van der Waals surface area (Å²) in [7, 11) is 0. The largest absolute Gasteiger partial charge is 0.460 e. The summed E-state index contributed by atoms with van der Waals surface area (Å²) in [6, 6.07) is 10.8. The fraction of sp³-hybridized carbons (Fsp3) is 0.320. The monoisotopic (exact) mass is 626 g/mol. The molecule has 0 spiro atoms. The average Bonchev–Trinajstić information content (AvgIpc) is 3.54. The van der Waals surface area contributed by atoms with Crippen LogP contribution in [-0.4, -0.2) is 50.9 Å². The van der Waals surface area contributed by atoms with Gasteiger partial charge in [-0.15, -0.1) is 0 Å². The summed E-state index contributed by atoms with van der Waals surface area (Å²) in [5, 5.41) is 2.18. The minimum absolute atomic E-state index is 0.0149. The number of nitrogens with zero attached hydrogens (tertiary/aromatic N) is 1. The number of alkyl halides is 3. The number of esters is 1. The predicted octanol–water partition coefficient (Wildman–Crippen LogP) is 4.19. The number of fused-ring (bicyclic) bond motifs is 1. The standard InChI is InChI=1S/C25H18BrCl3N2O6/c26-13-6-4-12(5-7-13)24(23(36)37-11-25(27,28)29)10-16(24)14-2-1-3-15-19(14)22(35)31(21(15)34)17-8-9-18(32)30-20(17)33/h1-7,16-17H,8-11H2,(H,30,32,33)/t16-,17?,24-/m0/s1. The first-order valence-electron chi connectivity index (χ1n) is 11.3. The van der Waals surface area contributed by atoms with Crippen LogP contribution >= 0.6 is 50.7 Å². The third kappa shape index (κ3) is 4.56. The number of carbonyl (C=O) groups is 5. The van der Waals surface area contributed by atoms with E-state index in [0.717, 1.165) is 9.37 Å². The van der Waals surface area contributed by atoms with Crippen LogP contribution in [0.2, 0.25) is 0 Å².